The fourth-order valence-electron chi connectivity index (χ4n) is 2.08. The third-order valence-electron chi connectivity index (χ3n) is 3.41. The summed E-state index contributed by atoms with van der Waals surface area (Å²) < 4.78 is 25.4. The predicted octanol–water partition coefficient (Wildman–Crippen LogP) is 4.03. The summed E-state index contributed by atoms with van der Waals surface area (Å²) in [6, 6.07) is 15.9. The second-order valence-electron chi connectivity index (χ2n) is 4.66. The van der Waals surface area contributed by atoms with Crippen molar-refractivity contribution in [2.75, 3.05) is 0 Å². The molecule has 2 aromatic rings. The van der Waals surface area contributed by atoms with E-state index in [-0.39, 0.29) is 5.92 Å². The molecule has 2 aromatic carbocycles. The van der Waals surface area contributed by atoms with Crippen molar-refractivity contribution in [3.63, 3.8) is 0 Å². The lowest BCUT2D eigenvalue weighted by Crippen LogP contribution is -2.07. The molecule has 0 aliphatic heterocycles. The van der Waals surface area contributed by atoms with E-state index >= 15 is 0 Å². The van der Waals surface area contributed by atoms with Crippen LogP contribution in [0.2, 0.25) is 0 Å². The molecule has 0 N–H and O–H groups in total. The summed E-state index contributed by atoms with van der Waals surface area (Å²) in [5, 5.41) is 0. The van der Waals surface area contributed by atoms with Crippen molar-refractivity contribution in [3.8, 4) is 0 Å². The molecule has 0 bridgehead atoms. The maximum atomic E-state index is 12.7. The van der Waals surface area contributed by atoms with Crippen molar-refractivity contribution in [1.29, 1.82) is 0 Å². The molecule has 1 atom stereocenters. The highest BCUT2D eigenvalue weighted by atomic mass is 32.2. The Bertz CT molecular complexity index is 645. The molecule has 0 saturated carbocycles. The molecule has 0 aliphatic rings. The Morgan fingerprint density at radius 2 is 1.53 bits per heavy atom. The number of benzene rings is 2. The van der Waals surface area contributed by atoms with Gasteiger partial charge in [-0.3, -0.25) is 0 Å². The quantitative estimate of drug-likeness (QED) is 0.843. The van der Waals surface area contributed by atoms with Crippen molar-refractivity contribution >= 4 is 9.84 Å². The SMILES string of the molecule is CCC(C)c1ccccc1S(=O)(=O)c1ccccc1. The van der Waals surface area contributed by atoms with Crippen LogP contribution in [0.5, 0.6) is 0 Å². The topological polar surface area (TPSA) is 34.1 Å². The molecule has 0 spiro atoms. The maximum Gasteiger partial charge on any atom is 0.206 e. The second-order valence-corrected chi connectivity index (χ2v) is 6.58. The van der Waals surface area contributed by atoms with Crippen LogP contribution in [0.25, 0.3) is 0 Å². The summed E-state index contributed by atoms with van der Waals surface area (Å²) >= 11 is 0. The Hall–Kier alpha value is -1.61. The van der Waals surface area contributed by atoms with Crippen LogP contribution < -0.4 is 0 Å². The lowest BCUT2D eigenvalue weighted by Gasteiger charge is -2.15. The van der Waals surface area contributed by atoms with Crippen molar-refractivity contribution in [2.45, 2.75) is 36.0 Å². The van der Waals surface area contributed by atoms with E-state index < -0.39 is 9.84 Å². The lowest BCUT2D eigenvalue weighted by atomic mass is 9.99. The minimum absolute atomic E-state index is 0.231. The van der Waals surface area contributed by atoms with Crippen LogP contribution in [-0.2, 0) is 9.84 Å². The number of rotatable bonds is 4. The summed E-state index contributed by atoms with van der Waals surface area (Å²) in [6.07, 6.45) is 0.918. The summed E-state index contributed by atoms with van der Waals surface area (Å²) in [5.74, 6) is 0.231. The zero-order chi connectivity index (χ0) is 13.9. The fourth-order valence-corrected chi connectivity index (χ4v) is 3.69. The molecule has 0 fully saturated rings. The van der Waals surface area contributed by atoms with Gasteiger partial charge in [-0.2, -0.15) is 0 Å². The van der Waals surface area contributed by atoms with Gasteiger partial charge in [0.15, 0.2) is 0 Å². The first-order valence-corrected chi connectivity index (χ1v) is 7.94. The normalized spacial score (nSPS) is 13.2. The number of hydrogen-bond acceptors (Lipinski definition) is 2. The Morgan fingerprint density at radius 3 is 2.16 bits per heavy atom. The molecule has 2 nitrogen and oxygen atoms in total. The molecule has 0 radical (unpaired) electrons. The van der Waals surface area contributed by atoms with Gasteiger partial charge in [0.05, 0.1) is 9.79 Å². The van der Waals surface area contributed by atoms with E-state index in [9.17, 15) is 8.42 Å². The van der Waals surface area contributed by atoms with E-state index in [2.05, 4.69) is 13.8 Å². The summed E-state index contributed by atoms with van der Waals surface area (Å²) in [6.45, 7) is 4.12. The summed E-state index contributed by atoms with van der Waals surface area (Å²) in [7, 11) is -3.42. The summed E-state index contributed by atoms with van der Waals surface area (Å²) in [5.41, 5.74) is 0.897. The first-order chi connectivity index (χ1) is 9.07. The molecule has 0 aromatic heterocycles. The van der Waals surface area contributed by atoms with Gasteiger partial charge in [0.1, 0.15) is 0 Å². The fraction of sp³-hybridized carbons (Fsp3) is 0.250. The van der Waals surface area contributed by atoms with E-state index in [1.54, 1.807) is 36.4 Å². The largest absolute Gasteiger partial charge is 0.219 e. The van der Waals surface area contributed by atoms with Crippen molar-refractivity contribution in [2.24, 2.45) is 0 Å². The minimum Gasteiger partial charge on any atom is -0.219 e. The minimum atomic E-state index is -3.42. The van der Waals surface area contributed by atoms with Crippen LogP contribution in [0.3, 0.4) is 0 Å². The monoisotopic (exact) mass is 274 g/mol. The van der Waals surface area contributed by atoms with Gasteiger partial charge in [-0.05, 0) is 36.1 Å². The average molecular weight is 274 g/mol. The van der Waals surface area contributed by atoms with Gasteiger partial charge in [-0.25, -0.2) is 8.42 Å². The van der Waals surface area contributed by atoms with Crippen LogP contribution in [0.15, 0.2) is 64.4 Å². The molecular weight excluding hydrogens is 256 g/mol. The average Bonchev–Trinajstić information content (AvgIpc) is 2.47. The van der Waals surface area contributed by atoms with E-state index in [1.807, 2.05) is 18.2 Å². The molecule has 1 unspecified atom stereocenters. The van der Waals surface area contributed by atoms with Gasteiger partial charge in [-0.1, -0.05) is 50.2 Å². The predicted molar refractivity (Wildman–Crippen MR) is 77.0 cm³/mol. The van der Waals surface area contributed by atoms with Crippen LogP contribution in [0.4, 0.5) is 0 Å². The van der Waals surface area contributed by atoms with Gasteiger partial charge < -0.3 is 0 Å². The van der Waals surface area contributed by atoms with Gasteiger partial charge in [0.25, 0.3) is 0 Å². The van der Waals surface area contributed by atoms with E-state index in [0.717, 1.165) is 12.0 Å². The van der Waals surface area contributed by atoms with Crippen LogP contribution in [0.1, 0.15) is 31.7 Å². The van der Waals surface area contributed by atoms with Crippen molar-refractivity contribution in [1.82, 2.24) is 0 Å². The first-order valence-electron chi connectivity index (χ1n) is 6.46. The van der Waals surface area contributed by atoms with Crippen molar-refractivity contribution < 1.29 is 8.42 Å². The van der Waals surface area contributed by atoms with Crippen LogP contribution >= 0.6 is 0 Å². The highest BCUT2D eigenvalue weighted by molar-refractivity contribution is 7.91. The van der Waals surface area contributed by atoms with E-state index in [1.165, 1.54) is 0 Å². The lowest BCUT2D eigenvalue weighted by molar-refractivity contribution is 0.592. The highest BCUT2D eigenvalue weighted by Crippen LogP contribution is 2.30. The highest BCUT2D eigenvalue weighted by Gasteiger charge is 2.22. The summed E-state index contributed by atoms with van der Waals surface area (Å²) in [4.78, 5) is 0.779. The molecule has 3 heteroatoms. The molecule has 100 valence electrons. The third-order valence-corrected chi connectivity index (χ3v) is 5.25. The maximum absolute atomic E-state index is 12.7. The third kappa shape index (κ3) is 2.71. The molecule has 0 saturated heterocycles. The van der Waals surface area contributed by atoms with Gasteiger partial charge >= 0.3 is 0 Å². The molecule has 0 amide bonds. The van der Waals surface area contributed by atoms with Gasteiger partial charge in [0, 0.05) is 0 Å². The number of sulfone groups is 1. The zero-order valence-corrected chi connectivity index (χ0v) is 12.0. The second kappa shape index (κ2) is 5.57. The Labute approximate surface area is 115 Å². The smallest absolute Gasteiger partial charge is 0.206 e. The van der Waals surface area contributed by atoms with Gasteiger partial charge in [0.2, 0.25) is 9.84 Å². The molecule has 0 aliphatic carbocycles. The Balaban J connectivity index is 2.59. The van der Waals surface area contributed by atoms with Gasteiger partial charge in [-0.15, -0.1) is 0 Å². The Morgan fingerprint density at radius 1 is 0.947 bits per heavy atom. The van der Waals surface area contributed by atoms with E-state index in [0.29, 0.717) is 9.79 Å². The van der Waals surface area contributed by atoms with Crippen molar-refractivity contribution in [3.05, 3.63) is 60.2 Å². The molecule has 0 heterocycles. The van der Waals surface area contributed by atoms with Crippen LogP contribution in [0, 0.1) is 0 Å². The number of hydrogen-bond donors (Lipinski definition) is 0. The molecule has 2 rings (SSSR count). The molecule has 19 heavy (non-hydrogen) atoms. The molecular formula is C16H18O2S. The first kappa shape index (κ1) is 13.8. The zero-order valence-electron chi connectivity index (χ0n) is 11.2. The standard InChI is InChI=1S/C16H18O2S/c1-3-13(2)15-11-7-8-12-16(15)19(17,18)14-9-5-4-6-10-14/h4-13H,3H2,1-2H3. The van der Waals surface area contributed by atoms with E-state index in [4.69, 9.17) is 0 Å². The van der Waals surface area contributed by atoms with Crippen LogP contribution in [-0.4, -0.2) is 8.42 Å². The Kier molecular flexibility index (Phi) is 4.05.